The standard InChI is InChI=1S/C24H29Si2.2ClH.Zr/c1-25(2,3)21-13-9-12-18-16-20-19(24(18)21)14-15-22(26(4,5)6)23(20)17-10-7-8-11-17;;;/h7-10,12-16H,11H2,1-6H3;2*1H;/q;;;+2/p-2. The summed E-state index contributed by atoms with van der Waals surface area (Å²) in [5.74, 6) is 0. The van der Waals surface area contributed by atoms with E-state index in [1.165, 1.54) is 5.56 Å². The van der Waals surface area contributed by atoms with Gasteiger partial charge in [-0.15, -0.1) is 0 Å². The molecule has 0 fully saturated rings. The van der Waals surface area contributed by atoms with Crippen LogP contribution in [0.15, 0.2) is 48.6 Å². The first-order valence-corrected chi connectivity index (χ1v) is 18.4. The van der Waals surface area contributed by atoms with Crippen molar-refractivity contribution in [1.29, 1.82) is 0 Å². The second-order valence-corrected chi connectivity index (χ2v) is 21.5. The largest absolute Gasteiger partial charge is 1.00 e. The summed E-state index contributed by atoms with van der Waals surface area (Å²) >= 11 is 1.62. The number of hydrogen-bond acceptors (Lipinski definition) is 0. The summed E-state index contributed by atoms with van der Waals surface area (Å²) in [5.41, 5.74) is 9.50. The first kappa shape index (κ1) is 25.1. The number of rotatable bonds is 3. The van der Waals surface area contributed by atoms with Gasteiger partial charge in [0.25, 0.3) is 0 Å². The summed E-state index contributed by atoms with van der Waals surface area (Å²) in [7, 11) is -2.82. The van der Waals surface area contributed by atoms with Crippen LogP contribution in [0, 0.1) is 0 Å². The molecule has 0 N–H and O–H groups in total. The number of allylic oxidation sites excluding steroid dienone is 4. The monoisotopic (exact) mass is 533 g/mol. The summed E-state index contributed by atoms with van der Waals surface area (Å²) in [4.78, 5) is 0. The van der Waals surface area contributed by atoms with Crippen LogP contribution in [0.25, 0.3) is 16.7 Å². The van der Waals surface area contributed by atoms with E-state index in [1.54, 1.807) is 62.9 Å². The fourth-order valence-electron chi connectivity index (χ4n) is 4.63. The van der Waals surface area contributed by atoms with Crippen molar-refractivity contribution in [3.63, 3.8) is 0 Å². The Bertz CT molecular complexity index is 995. The first-order valence-electron chi connectivity index (χ1n) is 9.99. The van der Waals surface area contributed by atoms with Gasteiger partial charge in [-0.25, -0.2) is 0 Å². The SMILES string of the molecule is C[Si](C)(C)c1ccc2c(c1C1=CC=CC1)[CH]([Zr+2])c1cccc([Si](C)(C)C)c1-2.[Cl-].[Cl-]. The van der Waals surface area contributed by atoms with Crippen molar-refractivity contribution < 1.29 is 49.5 Å². The molecule has 0 spiro atoms. The molecule has 0 aliphatic heterocycles. The quantitative estimate of drug-likeness (QED) is 0.476. The van der Waals surface area contributed by atoms with Crippen molar-refractivity contribution in [1.82, 2.24) is 0 Å². The van der Waals surface area contributed by atoms with Gasteiger partial charge in [-0.1, -0.05) is 0 Å². The Labute approximate surface area is 206 Å². The molecule has 151 valence electrons. The second kappa shape index (κ2) is 8.75. The fraction of sp³-hybridized carbons (Fsp3) is 0.333. The van der Waals surface area contributed by atoms with E-state index in [1.807, 2.05) is 0 Å². The van der Waals surface area contributed by atoms with E-state index in [0.717, 1.165) is 6.42 Å². The van der Waals surface area contributed by atoms with Gasteiger partial charge in [-0.3, -0.25) is 0 Å². The number of halogens is 2. The van der Waals surface area contributed by atoms with Crippen molar-refractivity contribution in [3.05, 3.63) is 65.3 Å². The van der Waals surface area contributed by atoms with Crippen LogP contribution >= 0.6 is 0 Å². The summed E-state index contributed by atoms with van der Waals surface area (Å²) in [5, 5.41) is 3.28. The normalized spacial score (nSPS) is 17.2. The maximum Gasteiger partial charge on any atom is -1.00 e. The molecule has 2 aromatic carbocycles. The molecule has 0 saturated heterocycles. The molecule has 4 rings (SSSR count). The van der Waals surface area contributed by atoms with Crippen LogP contribution in [0.4, 0.5) is 0 Å². The third kappa shape index (κ3) is 4.28. The van der Waals surface area contributed by atoms with Crippen LogP contribution in [0.1, 0.15) is 26.7 Å². The van der Waals surface area contributed by atoms with E-state index >= 15 is 0 Å². The smallest absolute Gasteiger partial charge is 1.00 e. The van der Waals surface area contributed by atoms with E-state index in [-0.39, 0.29) is 24.8 Å². The summed E-state index contributed by atoms with van der Waals surface area (Å²) < 4.78 is 0.575. The van der Waals surface area contributed by atoms with Gasteiger partial charge >= 0.3 is 183 Å². The van der Waals surface area contributed by atoms with Gasteiger partial charge in [-0.05, 0) is 0 Å². The van der Waals surface area contributed by atoms with Gasteiger partial charge in [0.1, 0.15) is 0 Å². The number of fused-ring (bicyclic) bond motifs is 3. The molecule has 0 bridgehead atoms. The van der Waals surface area contributed by atoms with Crippen LogP contribution in [0.3, 0.4) is 0 Å². The minimum atomic E-state index is -1.42. The van der Waals surface area contributed by atoms with Crippen molar-refractivity contribution in [2.45, 2.75) is 49.3 Å². The molecule has 0 aromatic heterocycles. The van der Waals surface area contributed by atoms with E-state index in [4.69, 9.17) is 0 Å². The van der Waals surface area contributed by atoms with Gasteiger partial charge < -0.3 is 24.8 Å². The van der Waals surface area contributed by atoms with Gasteiger partial charge in [0.2, 0.25) is 0 Å². The molecular weight excluding hydrogens is 507 g/mol. The summed E-state index contributed by atoms with van der Waals surface area (Å²) in [6, 6.07) is 12.1. The third-order valence-corrected chi connectivity index (χ3v) is 11.5. The van der Waals surface area contributed by atoms with Gasteiger partial charge in [-0.2, -0.15) is 0 Å². The van der Waals surface area contributed by atoms with Crippen LogP contribution in [0.5, 0.6) is 0 Å². The average molecular weight is 536 g/mol. The first-order chi connectivity index (χ1) is 12.6. The van der Waals surface area contributed by atoms with Crippen molar-refractivity contribution >= 4 is 32.1 Å². The van der Waals surface area contributed by atoms with Crippen LogP contribution in [-0.2, 0) is 24.7 Å². The minimum absolute atomic E-state index is 0. The van der Waals surface area contributed by atoms with Crippen molar-refractivity contribution in [2.24, 2.45) is 0 Å². The molecule has 0 amide bonds. The van der Waals surface area contributed by atoms with Crippen LogP contribution < -0.4 is 35.2 Å². The fourth-order valence-corrected chi connectivity index (χ4v) is 9.21. The number of hydrogen-bond donors (Lipinski definition) is 0. The van der Waals surface area contributed by atoms with Crippen LogP contribution in [-0.4, -0.2) is 16.1 Å². The van der Waals surface area contributed by atoms with E-state index in [0.29, 0.717) is 3.63 Å². The summed E-state index contributed by atoms with van der Waals surface area (Å²) in [6.07, 6.45) is 8.02. The Morgan fingerprint density at radius 3 is 2.00 bits per heavy atom. The predicted molar refractivity (Wildman–Crippen MR) is 121 cm³/mol. The molecule has 2 aliphatic rings. The van der Waals surface area contributed by atoms with E-state index in [9.17, 15) is 0 Å². The van der Waals surface area contributed by atoms with E-state index < -0.39 is 16.1 Å². The zero-order valence-corrected chi connectivity index (χ0v) is 24.1. The molecule has 2 aromatic rings. The Balaban J connectivity index is 0.00000150. The molecule has 2 aliphatic carbocycles. The molecule has 1 unspecified atom stereocenters. The van der Waals surface area contributed by atoms with Gasteiger partial charge in [0, 0.05) is 0 Å². The molecule has 0 nitrogen and oxygen atoms in total. The predicted octanol–water partition coefficient (Wildman–Crippen LogP) is -0.255. The van der Waals surface area contributed by atoms with Crippen molar-refractivity contribution in [2.75, 3.05) is 0 Å². The second-order valence-electron chi connectivity index (χ2n) is 9.98. The molecule has 29 heavy (non-hydrogen) atoms. The maximum atomic E-state index is 2.49. The Hall–Kier alpha value is -0.183. The third-order valence-electron chi connectivity index (χ3n) is 5.92. The zero-order valence-electron chi connectivity index (χ0n) is 18.2. The molecule has 5 heteroatoms. The maximum absolute atomic E-state index is 2.49. The summed E-state index contributed by atoms with van der Waals surface area (Å²) in [6.45, 7) is 14.9. The molecule has 0 heterocycles. The minimum Gasteiger partial charge on any atom is -1.00 e. The topological polar surface area (TPSA) is 0 Å². The molecule has 0 saturated carbocycles. The number of benzene rings is 2. The van der Waals surface area contributed by atoms with Gasteiger partial charge in [0.15, 0.2) is 0 Å². The van der Waals surface area contributed by atoms with E-state index in [2.05, 4.69) is 87.8 Å². The Kier molecular flexibility index (Phi) is 7.57. The molecule has 1 atom stereocenters. The Morgan fingerprint density at radius 2 is 1.45 bits per heavy atom. The zero-order chi connectivity index (χ0) is 19.6. The van der Waals surface area contributed by atoms with Crippen LogP contribution in [0.2, 0.25) is 39.3 Å². The molecular formula is C24H29Cl2Si2Zr. The Morgan fingerprint density at radius 1 is 0.828 bits per heavy atom. The average Bonchev–Trinajstić information content (AvgIpc) is 3.20. The molecule has 0 radical (unpaired) electrons. The van der Waals surface area contributed by atoms with Gasteiger partial charge in [0.05, 0.1) is 0 Å². The van der Waals surface area contributed by atoms with Crippen molar-refractivity contribution in [3.8, 4) is 11.1 Å².